The smallest absolute Gasteiger partial charge is 0.420 e. The van der Waals surface area contributed by atoms with Crippen LogP contribution in [0.25, 0.3) is 0 Å². The fourth-order valence-corrected chi connectivity index (χ4v) is 2.03. The third-order valence-electron chi connectivity index (χ3n) is 2.02. The van der Waals surface area contributed by atoms with Crippen LogP contribution in [-0.4, -0.2) is 30.7 Å². The van der Waals surface area contributed by atoms with Crippen LogP contribution in [0.3, 0.4) is 0 Å². The number of benzene rings is 1. The van der Waals surface area contributed by atoms with Crippen LogP contribution in [0.2, 0.25) is 0 Å². The number of rotatable bonds is 5. The third-order valence-corrected chi connectivity index (χ3v) is 3.11. The van der Waals surface area contributed by atoms with Crippen molar-refractivity contribution in [3.63, 3.8) is 0 Å². The van der Waals surface area contributed by atoms with Gasteiger partial charge in [0.1, 0.15) is 5.75 Å². The molecule has 0 N–H and O–H groups in total. The SMILES string of the molecule is CCOC(=O)N(CC)Sc1cccc(OC)c1. The Labute approximate surface area is 106 Å². The van der Waals surface area contributed by atoms with E-state index < -0.39 is 0 Å². The Morgan fingerprint density at radius 2 is 2.18 bits per heavy atom. The molecule has 0 saturated heterocycles. The van der Waals surface area contributed by atoms with Crippen molar-refractivity contribution in [2.45, 2.75) is 18.7 Å². The molecule has 0 bridgehead atoms. The molecule has 0 atom stereocenters. The van der Waals surface area contributed by atoms with Crippen molar-refractivity contribution in [3.05, 3.63) is 24.3 Å². The van der Waals surface area contributed by atoms with Crippen LogP contribution in [0, 0.1) is 0 Å². The maximum atomic E-state index is 11.6. The van der Waals surface area contributed by atoms with Crippen molar-refractivity contribution < 1.29 is 14.3 Å². The van der Waals surface area contributed by atoms with Gasteiger partial charge < -0.3 is 9.47 Å². The van der Waals surface area contributed by atoms with Crippen LogP contribution in [0.4, 0.5) is 4.79 Å². The fourth-order valence-electron chi connectivity index (χ4n) is 1.21. The molecule has 0 saturated carbocycles. The van der Waals surface area contributed by atoms with Gasteiger partial charge in [0, 0.05) is 11.4 Å². The summed E-state index contributed by atoms with van der Waals surface area (Å²) in [6.07, 6.45) is -0.317. The quantitative estimate of drug-likeness (QED) is 0.757. The minimum atomic E-state index is -0.317. The molecule has 0 radical (unpaired) electrons. The predicted octanol–water partition coefficient (Wildman–Crippen LogP) is 3.18. The van der Waals surface area contributed by atoms with Gasteiger partial charge in [0.05, 0.1) is 13.7 Å². The molecular formula is C12H17NO3S. The molecule has 0 aromatic heterocycles. The highest BCUT2D eigenvalue weighted by atomic mass is 32.2. The van der Waals surface area contributed by atoms with E-state index in [1.54, 1.807) is 18.3 Å². The Balaban J connectivity index is 2.69. The number of hydrogen-bond donors (Lipinski definition) is 0. The molecule has 0 unspecified atom stereocenters. The van der Waals surface area contributed by atoms with Crippen molar-refractivity contribution in [3.8, 4) is 5.75 Å². The first-order chi connectivity index (χ1) is 8.21. The van der Waals surface area contributed by atoms with Crippen molar-refractivity contribution in [1.82, 2.24) is 4.31 Å². The van der Waals surface area contributed by atoms with Crippen molar-refractivity contribution >= 4 is 18.0 Å². The summed E-state index contributed by atoms with van der Waals surface area (Å²) in [5, 5.41) is 0. The lowest BCUT2D eigenvalue weighted by Gasteiger charge is -2.18. The second kappa shape index (κ2) is 7.06. The van der Waals surface area contributed by atoms with E-state index in [4.69, 9.17) is 9.47 Å². The van der Waals surface area contributed by atoms with Gasteiger partial charge in [-0.05, 0) is 44.0 Å². The van der Waals surface area contributed by atoms with Gasteiger partial charge in [-0.15, -0.1) is 0 Å². The highest BCUT2D eigenvalue weighted by Gasteiger charge is 2.14. The summed E-state index contributed by atoms with van der Waals surface area (Å²) < 4.78 is 11.7. The van der Waals surface area contributed by atoms with E-state index >= 15 is 0 Å². The molecule has 0 heterocycles. The Morgan fingerprint density at radius 3 is 2.76 bits per heavy atom. The van der Waals surface area contributed by atoms with Gasteiger partial charge in [-0.25, -0.2) is 9.10 Å². The topological polar surface area (TPSA) is 38.8 Å². The third kappa shape index (κ3) is 4.19. The van der Waals surface area contributed by atoms with Crippen molar-refractivity contribution in [1.29, 1.82) is 0 Å². The fraction of sp³-hybridized carbons (Fsp3) is 0.417. The van der Waals surface area contributed by atoms with Crippen molar-refractivity contribution in [2.24, 2.45) is 0 Å². The number of nitrogens with zero attached hydrogens (tertiary/aromatic N) is 1. The van der Waals surface area contributed by atoms with Gasteiger partial charge in [0.25, 0.3) is 0 Å². The largest absolute Gasteiger partial charge is 0.497 e. The van der Waals surface area contributed by atoms with Gasteiger partial charge >= 0.3 is 6.09 Å². The van der Waals surface area contributed by atoms with E-state index in [1.807, 2.05) is 31.2 Å². The summed E-state index contributed by atoms with van der Waals surface area (Å²) >= 11 is 1.35. The molecule has 0 aliphatic carbocycles. The van der Waals surface area contributed by atoms with Gasteiger partial charge in [-0.1, -0.05) is 6.07 Å². The van der Waals surface area contributed by atoms with E-state index in [0.717, 1.165) is 10.6 Å². The van der Waals surface area contributed by atoms with E-state index in [1.165, 1.54) is 11.9 Å². The first kappa shape index (κ1) is 13.7. The Bertz CT molecular complexity index is 371. The molecule has 0 fully saturated rings. The average Bonchev–Trinajstić information content (AvgIpc) is 2.36. The van der Waals surface area contributed by atoms with Crippen LogP contribution >= 0.6 is 11.9 Å². The summed E-state index contributed by atoms with van der Waals surface area (Å²) in [6.45, 7) is 4.67. The molecule has 0 aliphatic rings. The summed E-state index contributed by atoms with van der Waals surface area (Å²) in [5.74, 6) is 0.773. The lowest BCUT2D eigenvalue weighted by Crippen LogP contribution is -2.24. The number of amides is 1. The minimum absolute atomic E-state index is 0.317. The molecule has 1 aromatic rings. The molecule has 0 aliphatic heterocycles. The Morgan fingerprint density at radius 1 is 1.41 bits per heavy atom. The summed E-state index contributed by atoms with van der Waals surface area (Å²) in [4.78, 5) is 12.5. The van der Waals surface area contributed by atoms with Crippen LogP contribution in [0.5, 0.6) is 5.75 Å². The molecule has 1 aromatic carbocycles. The molecule has 0 spiro atoms. The number of methoxy groups -OCH3 is 1. The molecule has 94 valence electrons. The molecule has 17 heavy (non-hydrogen) atoms. The second-order valence-corrected chi connectivity index (χ2v) is 4.26. The monoisotopic (exact) mass is 255 g/mol. The zero-order chi connectivity index (χ0) is 12.7. The number of carbonyl (C=O) groups is 1. The Kier molecular flexibility index (Phi) is 5.69. The van der Waals surface area contributed by atoms with Crippen LogP contribution in [0.15, 0.2) is 29.2 Å². The van der Waals surface area contributed by atoms with Gasteiger partial charge in [-0.2, -0.15) is 0 Å². The lowest BCUT2D eigenvalue weighted by molar-refractivity contribution is 0.135. The number of hydrogen-bond acceptors (Lipinski definition) is 4. The molecular weight excluding hydrogens is 238 g/mol. The standard InChI is InChI=1S/C12H17NO3S/c1-4-13(12(14)16-5-2)17-11-8-6-7-10(9-11)15-3/h6-9H,4-5H2,1-3H3. The normalized spacial score (nSPS) is 9.82. The molecule has 5 heteroatoms. The van der Waals surface area contributed by atoms with Gasteiger partial charge in [0.2, 0.25) is 0 Å². The van der Waals surface area contributed by atoms with E-state index in [2.05, 4.69) is 0 Å². The van der Waals surface area contributed by atoms with E-state index in [9.17, 15) is 4.79 Å². The summed E-state index contributed by atoms with van der Waals surface area (Å²) in [7, 11) is 1.62. The second-order valence-electron chi connectivity index (χ2n) is 3.16. The highest BCUT2D eigenvalue weighted by Crippen LogP contribution is 2.26. The first-order valence-corrected chi connectivity index (χ1v) is 6.24. The number of ether oxygens (including phenoxy) is 2. The van der Waals surface area contributed by atoms with Crippen LogP contribution < -0.4 is 4.74 Å². The Hall–Kier alpha value is -1.36. The molecule has 1 amide bonds. The zero-order valence-corrected chi connectivity index (χ0v) is 11.1. The predicted molar refractivity (Wildman–Crippen MR) is 68.3 cm³/mol. The van der Waals surface area contributed by atoms with Gasteiger partial charge in [-0.3, -0.25) is 0 Å². The lowest BCUT2D eigenvalue weighted by atomic mass is 10.3. The van der Waals surface area contributed by atoms with Gasteiger partial charge in [0.15, 0.2) is 0 Å². The number of carbonyl (C=O) groups excluding carboxylic acids is 1. The molecule has 1 rings (SSSR count). The minimum Gasteiger partial charge on any atom is -0.497 e. The van der Waals surface area contributed by atoms with Crippen LogP contribution in [-0.2, 0) is 4.74 Å². The summed E-state index contributed by atoms with van der Waals surface area (Å²) in [6, 6.07) is 7.56. The highest BCUT2D eigenvalue weighted by molar-refractivity contribution is 7.97. The maximum absolute atomic E-state index is 11.6. The maximum Gasteiger partial charge on any atom is 0.420 e. The average molecular weight is 255 g/mol. The molecule has 4 nitrogen and oxygen atoms in total. The summed E-state index contributed by atoms with van der Waals surface area (Å²) in [5.41, 5.74) is 0. The van der Waals surface area contributed by atoms with Crippen molar-refractivity contribution in [2.75, 3.05) is 20.3 Å². The van der Waals surface area contributed by atoms with E-state index in [0.29, 0.717) is 13.2 Å². The van der Waals surface area contributed by atoms with E-state index in [-0.39, 0.29) is 6.09 Å². The first-order valence-electron chi connectivity index (χ1n) is 5.47. The van der Waals surface area contributed by atoms with Crippen LogP contribution in [0.1, 0.15) is 13.8 Å². The zero-order valence-electron chi connectivity index (χ0n) is 10.3.